The number of ether oxygens (including phenoxy) is 1. The summed E-state index contributed by atoms with van der Waals surface area (Å²) in [6, 6.07) is 9.70. The third-order valence-electron chi connectivity index (χ3n) is 2.66. The van der Waals surface area contributed by atoms with Gasteiger partial charge in [0.2, 0.25) is 5.88 Å². The Morgan fingerprint density at radius 3 is 2.50 bits per heavy atom. The second-order valence-corrected chi connectivity index (χ2v) is 5.66. The molecule has 0 saturated carbocycles. The third kappa shape index (κ3) is 4.63. The number of hydrogen-bond acceptors (Lipinski definition) is 3. The fraction of sp³-hybridized carbons (Fsp3) is 0.312. The van der Waals surface area contributed by atoms with Gasteiger partial charge in [-0.15, -0.1) is 0 Å². The summed E-state index contributed by atoms with van der Waals surface area (Å²) in [7, 11) is 0. The maximum Gasteiger partial charge on any atom is 0.219 e. The van der Waals surface area contributed by atoms with Crippen molar-refractivity contribution in [3.05, 3.63) is 54.0 Å². The van der Waals surface area contributed by atoms with Crippen molar-refractivity contribution in [2.75, 3.05) is 0 Å². The lowest BCUT2D eigenvalue weighted by molar-refractivity contribution is 0.421. The Hall–Kier alpha value is -1.94. The van der Waals surface area contributed by atoms with Crippen molar-refractivity contribution in [1.29, 1.82) is 0 Å². The quantitative estimate of drug-likeness (QED) is 0.918. The first-order valence-electron chi connectivity index (χ1n) is 6.56. The highest BCUT2D eigenvalue weighted by molar-refractivity contribution is 5.29. The van der Waals surface area contributed by atoms with Crippen LogP contribution in [0.2, 0.25) is 0 Å². The maximum absolute atomic E-state index is 12.8. The van der Waals surface area contributed by atoms with Crippen LogP contribution in [0, 0.1) is 5.82 Å². The molecular formula is C16H19FN2O. The minimum absolute atomic E-state index is 0.0568. The van der Waals surface area contributed by atoms with E-state index in [0.29, 0.717) is 11.6 Å². The SMILES string of the molecule is CC(C)(C)NCc1ccnc(Oc2ccc(F)cc2)c1. The molecule has 4 heteroatoms. The van der Waals surface area contributed by atoms with Gasteiger partial charge >= 0.3 is 0 Å². The Bertz CT molecular complexity index is 561. The fourth-order valence-electron chi connectivity index (χ4n) is 1.61. The molecule has 0 bridgehead atoms. The van der Waals surface area contributed by atoms with E-state index in [2.05, 4.69) is 31.1 Å². The number of benzene rings is 1. The standard InChI is InChI=1S/C16H19FN2O/c1-16(2,3)19-11-12-8-9-18-15(10-12)20-14-6-4-13(17)5-7-14/h4-10,19H,11H2,1-3H3. The molecule has 2 rings (SSSR count). The van der Waals surface area contributed by atoms with Crippen LogP contribution in [0.4, 0.5) is 4.39 Å². The molecule has 3 nitrogen and oxygen atoms in total. The number of halogens is 1. The number of aromatic nitrogens is 1. The summed E-state index contributed by atoms with van der Waals surface area (Å²) in [5.74, 6) is 0.790. The summed E-state index contributed by atoms with van der Waals surface area (Å²) in [6.45, 7) is 7.09. The van der Waals surface area contributed by atoms with Crippen LogP contribution >= 0.6 is 0 Å². The van der Waals surface area contributed by atoms with Gasteiger partial charge in [0.15, 0.2) is 0 Å². The third-order valence-corrected chi connectivity index (χ3v) is 2.66. The minimum Gasteiger partial charge on any atom is -0.439 e. The molecule has 0 unspecified atom stereocenters. The van der Waals surface area contributed by atoms with Gasteiger partial charge in [-0.1, -0.05) is 0 Å². The average Bonchev–Trinajstić information content (AvgIpc) is 2.39. The summed E-state index contributed by atoms with van der Waals surface area (Å²) < 4.78 is 18.4. The molecular weight excluding hydrogens is 255 g/mol. The van der Waals surface area contributed by atoms with Crippen LogP contribution in [0.3, 0.4) is 0 Å². The summed E-state index contributed by atoms with van der Waals surface area (Å²) in [5.41, 5.74) is 1.15. The number of nitrogens with one attached hydrogen (secondary N) is 1. The van der Waals surface area contributed by atoms with Crippen LogP contribution in [0.1, 0.15) is 26.3 Å². The number of nitrogens with zero attached hydrogens (tertiary/aromatic N) is 1. The van der Waals surface area contributed by atoms with E-state index < -0.39 is 0 Å². The Kier molecular flexibility index (Phi) is 4.35. The second kappa shape index (κ2) is 6.01. The van der Waals surface area contributed by atoms with Crippen molar-refractivity contribution in [2.24, 2.45) is 0 Å². The summed E-state index contributed by atoms with van der Waals surface area (Å²) in [5, 5.41) is 3.40. The smallest absolute Gasteiger partial charge is 0.219 e. The Balaban J connectivity index is 2.04. The highest BCUT2D eigenvalue weighted by Crippen LogP contribution is 2.20. The van der Waals surface area contributed by atoms with Crippen LogP contribution in [0.25, 0.3) is 0 Å². The van der Waals surface area contributed by atoms with Crippen LogP contribution in [0.5, 0.6) is 11.6 Å². The van der Waals surface area contributed by atoms with Gasteiger partial charge in [0.25, 0.3) is 0 Å². The zero-order valence-corrected chi connectivity index (χ0v) is 12.0. The van der Waals surface area contributed by atoms with E-state index in [0.717, 1.165) is 12.1 Å². The van der Waals surface area contributed by atoms with Crippen molar-refractivity contribution in [3.63, 3.8) is 0 Å². The molecule has 0 aliphatic carbocycles. The molecule has 20 heavy (non-hydrogen) atoms. The normalized spacial score (nSPS) is 11.4. The molecule has 106 valence electrons. The Morgan fingerprint density at radius 2 is 1.85 bits per heavy atom. The molecule has 1 N–H and O–H groups in total. The van der Waals surface area contributed by atoms with Crippen molar-refractivity contribution >= 4 is 0 Å². The second-order valence-electron chi connectivity index (χ2n) is 5.66. The van der Waals surface area contributed by atoms with Crippen LogP contribution in [-0.4, -0.2) is 10.5 Å². The van der Waals surface area contributed by atoms with Gasteiger partial charge in [-0.2, -0.15) is 0 Å². The van der Waals surface area contributed by atoms with E-state index in [1.165, 1.54) is 12.1 Å². The molecule has 0 aliphatic rings. The van der Waals surface area contributed by atoms with Crippen molar-refractivity contribution in [3.8, 4) is 11.6 Å². The van der Waals surface area contributed by atoms with E-state index in [1.54, 1.807) is 18.3 Å². The molecule has 2 aromatic rings. The molecule has 0 spiro atoms. The molecule has 0 saturated heterocycles. The molecule has 1 heterocycles. The largest absolute Gasteiger partial charge is 0.439 e. The number of pyridine rings is 1. The maximum atomic E-state index is 12.8. The zero-order valence-electron chi connectivity index (χ0n) is 12.0. The summed E-state index contributed by atoms with van der Waals surface area (Å²) in [4.78, 5) is 4.16. The predicted molar refractivity (Wildman–Crippen MR) is 77.3 cm³/mol. The van der Waals surface area contributed by atoms with Crippen LogP contribution < -0.4 is 10.1 Å². The fourth-order valence-corrected chi connectivity index (χ4v) is 1.61. The van der Waals surface area contributed by atoms with E-state index >= 15 is 0 Å². The van der Waals surface area contributed by atoms with Gasteiger partial charge in [0.05, 0.1) is 0 Å². The van der Waals surface area contributed by atoms with Crippen molar-refractivity contribution in [2.45, 2.75) is 32.9 Å². The zero-order chi connectivity index (χ0) is 14.6. The average molecular weight is 274 g/mol. The summed E-state index contributed by atoms with van der Waals surface area (Å²) >= 11 is 0. The van der Waals surface area contributed by atoms with E-state index in [-0.39, 0.29) is 11.4 Å². The van der Waals surface area contributed by atoms with Crippen molar-refractivity contribution in [1.82, 2.24) is 10.3 Å². The Labute approximate surface area is 118 Å². The predicted octanol–water partition coefficient (Wildman–Crippen LogP) is 3.90. The van der Waals surface area contributed by atoms with Gasteiger partial charge in [-0.25, -0.2) is 9.37 Å². The van der Waals surface area contributed by atoms with Crippen LogP contribution in [0.15, 0.2) is 42.6 Å². The Morgan fingerprint density at radius 1 is 1.15 bits per heavy atom. The lowest BCUT2D eigenvalue weighted by Crippen LogP contribution is -2.35. The van der Waals surface area contributed by atoms with E-state index in [4.69, 9.17) is 4.74 Å². The van der Waals surface area contributed by atoms with Gasteiger partial charge in [-0.05, 0) is 56.7 Å². The molecule has 0 aliphatic heterocycles. The molecule has 1 aromatic heterocycles. The molecule has 1 aromatic carbocycles. The molecule has 0 atom stereocenters. The lowest BCUT2D eigenvalue weighted by Gasteiger charge is -2.20. The first-order valence-corrected chi connectivity index (χ1v) is 6.56. The van der Waals surface area contributed by atoms with E-state index in [9.17, 15) is 4.39 Å². The molecule has 0 radical (unpaired) electrons. The lowest BCUT2D eigenvalue weighted by atomic mass is 10.1. The van der Waals surface area contributed by atoms with E-state index in [1.807, 2.05) is 12.1 Å². The highest BCUT2D eigenvalue weighted by Gasteiger charge is 2.09. The van der Waals surface area contributed by atoms with Gasteiger partial charge in [0.1, 0.15) is 11.6 Å². The monoisotopic (exact) mass is 274 g/mol. The van der Waals surface area contributed by atoms with Gasteiger partial charge in [-0.3, -0.25) is 0 Å². The van der Waals surface area contributed by atoms with Crippen LogP contribution in [-0.2, 0) is 6.54 Å². The number of hydrogen-bond donors (Lipinski definition) is 1. The topological polar surface area (TPSA) is 34.2 Å². The van der Waals surface area contributed by atoms with Gasteiger partial charge in [0, 0.05) is 24.3 Å². The minimum atomic E-state index is -0.284. The molecule has 0 fully saturated rings. The number of rotatable bonds is 4. The summed E-state index contributed by atoms with van der Waals surface area (Å²) in [6.07, 6.45) is 1.71. The molecule has 0 amide bonds. The van der Waals surface area contributed by atoms with Gasteiger partial charge < -0.3 is 10.1 Å². The van der Waals surface area contributed by atoms with Crippen molar-refractivity contribution < 1.29 is 9.13 Å². The highest BCUT2D eigenvalue weighted by atomic mass is 19.1. The first kappa shape index (κ1) is 14.5. The first-order chi connectivity index (χ1) is 9.42.